The Kier molecular flexibility index (Phi) is 5.30. The van der Waals surface area contributed by atoms with Crippen molar-refractivity contribution in [1.82, 2.24) is 10.3 Å². The van der Waals surface area contributed by atoms with Crippen molar-refractivity contribution < 1.29 is 9.47 Å². The van der Waals surface area contributed by atoms with Crippen molar-refractivity contribution in [3.05, 3.63) is 70.8 Å². The van der Waals surface area contributed by atoms with E-state index in [2.05, 4.69) is 40.7 Å². The molecule has 0 spiro atoms. The average Bonchev–Trinajstić information content (AvgIpc) is 3.05. The van der Waals surface area contributed by atoms with Crippen molar-refractivity contribution in [1.29, 1.82) is 0 Å². The minimum absolute atomic E-state index is 0.661. The Morgan fingerprint density at radius 1 is 0.893 bits per heavy atom. The molecule has 2 aliphatic heterocycles. The lowest BCUT2D eigenvalue weighted by Gasteiger charge is -2.24. The summed E-state index contributed by atoms with van der Waals surface area (Å²) in [6, 6.07) is 16.3. The van der Waals surface area contributed by atoms with Gasteiger partial charge >= 0.3 is 0 Å². The summed E-state index contributed by atoms with van der Waals surface area (Å²) in [5.74, 6) is 1.75. The Hall–Kier alpha value is -2.86. The molecule has 0 unspecified atom stereocenters. The molecule has 0 radical (unpaired) electrons. The van der Waals surface area contributed by atoms with Crippen LogP contribution in [-0.4, -0.2) is 23.3 Å². The molecule has 0 bridgehead atoms. The maximum Gasteiger partial charge on any atom is 0.196 e. The van der Waals surface area contributed by atoms with Crippen molar-refractivity contribution >= 4 is 28.3 Å². The first-order valence-corrected chi connectivity index (χ1v) is 10.2. The molecule has 0 saturated carbocycles. The highest BCUT2D eigenvalue weighted by molar-refractivity contribution is 8.17. The van der Waals surface area contributed by atoms with Gasteiger partial charge in [0.2, 0.25) is 0 Å². The highest BCUT2D eigenvalue weighted by Gasteiger charge is 2.30. The zero-order valence-corrected chi connectivity index (χ0v) is 17.0. The van der Waals surface area contributed by atoms with Crippen LogP contribution >= 0.6 is 11.8 Å². The maximum absolute atomic E-state index is 5.57. The number of hydrazone groups is 1. The highest BCUT2D eigenvalue weighted by Crippen LogP contribution is 2.42. The van der Waals surface area contributed by atoms with Crippen molar-refractivity contribution in [2.24, 2.45) is 5.10 Å². The number of rotatable bonds is 6. The second-order valence-electron chi connectivity index (χ2n) is 6.34. The Morgan fingerprint density at radius 2 is 1.46 bits per heavy atom. The third kappa shape index (κ3) is 3.60. The number of hydrogen-bond donors (Lipinski definition) is 1. The summed E-state index contributed by atoms with van der Waals surface area (Å²) >= 11 is 1.67. The Morgan fingerprint density at radius 3 is 2.04 bits per heavy atom. The summed E-state index contributed by atoms with van der Waals surface area (Å²) in [7, 11) is 0. The molecule has 144 valence electrons. The van der Waals surface area contributed by atoms with Gasteiger partial charge in [0.15, 0.2) is 5.17 Å². The lowest BCUT2D eigenvalue weighted by molar-refractivity contribution is 0.340. The van der Waals surface area contributed by atoms with Crippen LogP contribution in [0, 0.1) is 0 Å². The first kappa shape index (κ1) is 18.5. The first-order valence-electron chi connectivity index (χ1n) is 9.39. The smallest absolute Gasteiger partial charge is 0.196 e. The van der Waals surface area contributed by atoms with E-state index < -0.39 is 0 Å². The number of ether oxygens (including phenoxy) is 2. The van der Waals surface area contributed by atoms with Crippen molar-refractivity contribution in [3.8, 4) is 11.5 Å². The summed E-state index contributed by atoms with van der Waals surface area (Å²) in [5.41, 5.74) is 7.48. The molecular weight excluding hydrogens is 370 g/mol. The molecule has 2 heterocycles. The zero-order chi connectivity index (χ0) is 19.5. The van der Waals surface area contributed by atoms with Gasteiger partial charge in [0.25, 0.3) is 0 Å². The molecule has 0 fully saturated rings. The molecule has 28 heavy (non-hydrogen) atoms. The molecule has 0 amide bonds. The van der Waals surface area contributed by atoms with E-state index in [4.69, 9.17) is 9.47 Å². The Labute approximate surface area is 169 Å². The fourth-order valence-electron chi connectivity index (χ4n) is 3.22. The molecule has 0 aromatic heterocycles. The predicted molar refractivity (Wildman–Crippen MR) is 116 cm³/mol. The Bertz CT molecular complexity index is 947. The largest absolute Gasteiger partial charge is 0.494 e. The van der Waals surface area contributed by atoms with Crippen molar-refractivity contribution in [3.63, 3.8) is 0 Å². The third-order valence-corrected chi connectivity index (χ3v) is 5.44. The number of nitrogens with zero attached hydrogens (tertiary/aromatic N) is 2. The SMILES string of the molecule is CCOc1ccc(C2=CN3C(=NN2)SC(C)=C3c2ccc(OCC)cc2)cc1. The number of allylic oxidation sites excluding steroid dienone is 1. The molecule has 0 atom stereocenters. The highest BCUT2D eigenvalue weighted by atomic mass is 32.2. The molecule has 2 aliphatic rings. The number of hydrogen-bond acceptors (Lipinski definition) is 6. The van der Waals surface area contributed by atoms with Gasteiger partial charge in [-0.3, -0.25) is 10.3 Å². The van der Waals surface area contributed by atoms with Gasteiger partial charge in [0.1, 0.15) is 11.5 Å². The quantitative estimate of drug-likeness (QED) is 0.740. The van der Waals surface area contributed by atoms with Crippen LogP contribution in [0.1, 0.15) is 31.9 Å². The van der Waals surface area contributed by atoms with Crippen LogP contribution < -0.4 is 14.9 Å². The van der Waals surface area contributed by atoms with Crippen LogP contribution in [0.5, 0.6) is 11.5 Å². The number of benzene rings is 2. The summed E-state index contributed by atoms with van der Waals surface area (Å²) in [6.45, 7) is 7.43. The van der Waals surface area contributed by atoms with E-state index in [1.54, 1.807) is 11.8 Å². The molecule has 5 nitrogen and oxygen atoms in total. The monoisotopic (exact) mass is 393 g/mol. The minimum Gasteiger partial charge on any atom is -0.494 e. The fourth-order valence-corrected chi connectivity index (χ4v) is 4.14. The van der Waals surface area contributed by atoms with E-state index in [1.807, 2.05) is 50.2 Å². The van der Waals surface area contributed by atoms with Gasteiger partial charge in [0.05, 0.1) is 24.6 Å². The maximum atomic E-state index is 5.57. The van der Waals surface area contributed by atoms with Crippen LogP contribution in [0.3, 0.4) is 0 Å². The van der Waals surface area contributed by atoms with Crippen LogP contribution in [0.15, 0.2) is 64.7 Å². The number of thioether (sulfide) groups is 1. The molecule has 0 saturated heterocycles. The van der Waals surface area contributed by atoms with Gasteiger partial charge in [0, 0.05) is 16.7 Å². The lowest BCUT2D eigenvalue weighted by atomic mass is 10.1. The topological polar surface area (TPSA) is 46.1 Å². The van der Waals surface area contributed by atoms with E-state index in [1.165, 1.54) is 4.91 Å². The Balaban J connectivity index is 1.62. The number of amidine groups is 1. The molecule has 2 aromatic carbocycles. The van der Waals surface area contributed by atoms with E-state index >= 15 is 0 Å². The normalized spacial score (nSPS) is 15.6. The zero-order valence-electron chi connectivity index (χ0n) is 16.2. The molecule has 1 N–H and O–H groups in total. The standard InChI is InChI=1S/C22H23N3O2S/c1-4-26-18-10-6-16(7-11-18)20-14-25-21(15(3)28-22(25)24-23-20)17-8-12-19(13-9-17)27-5-2/h6-14,23H,4-5H2,1-3H3. The third-order valence-electron chi connectivity index (χ3n) is 4.47. The number of fused-ring (bicyclic) bond motifs is 1. The molecule has 6 heteroatoms. The minimum atomic E-state index is 0.661. The summed E-state index contributed by atoms with van der Waals surface area (Å²) in [4.78, 5) is 3.37. The van der Waals surface area contributed by atoms with E-state index in [-0.39, 0.29) is 0 Å². The van der Waals surface area contributed by atoms with E-state index in [0.717, 1.165) is 39.2 Å². The summed E-state index contributed by atoms with van der Waals surface area (Å²) in [6.07, 6.45) is 2.10. The van der Waals surface area contributed by atoms with Gasteiger partial charge in [-0.2, -0.15) is 0 Å². The lowest BCUT2D eigenvalue weighted by Crippen LogP contribution is -2.26. The van der Waals surface area contributed by atoms with Crippen LogP contribution in [0.4, 0.5) is 0 Å². The van der Waals surface area contributed by atoms with E-state index in [0.29, 0.717) is 13.2 Å². The van der Waals surface area contributed by atoms with Gasteiger partial charge in [-0.05, 0) is 74.9 Å². The second-order valence-corrected chi connectivity index (χ2v) is 7.52. The molecular formula is C22H23N3O2S. The van der Waals surface area contributed by atoms with Gasteiger partial charge in [-0.25, -0.2) is 0 Å². The van der Waals surface area contributed by atoms with Crippen LogP contribution in [-0.2, 0) is 0 Å². The van der Waals surface area contributed by atoms with Gasteiger partial charge in [-0.1, -0.05) is 11.8 Å². The second kappa shape index (κ2) is 8.02. The van der Waals surface area contributed by atoms with Gasteiger partial charge < -0.3 is 9.47 Å². The van der Waals surface area contributed by atoms with Crippen molar-refractivity contribution in [2.75, 3.05) is 13.2 Å². The van der Waals surface area contributed by atoms with Crippen molar-refractivity contribution in [2.45, 2.75) is 20.8 Å². The predicted octanol–water partition coefficient (Wildman–Crippen LogP) is 5.09. The summed E-state index contributed by atoms with van der Waals surface area (Å²) in [5, 5.41) is 5.50. The molecule has 4 rings (SSSR count). The fraction of sp³-hybridized carbons (Fsp3) is 0.227. The van der Waals surface area contributed by atoms with E-state index in [9.17, 15) is 0 Å². The number of nitrogens with one attached hydrogen (secondary N) is 1. The molecule has 0 aliphatic carbocycles. The van der Waals surface area contributed by atoms with Crippen LogP contribution in [0.2, 0.25) is 0 Å². The molecule has 2 aromatic rings. The van der Waals surface area contributed by atoms with Crippen LogP contribution in [0.25, 0.3) is 11.4 Å². The van der Waals surface area contributed by atoms with Gasteiger partial charge in [-0.15, -0.1) is 5.10 Å². The average molecular weight is 394 g/mol. The summed E-state index contributed by atoms with van der Waals surface area (Å²) < 4.78 is 11.1. The first-order chi connectivity index (χ1) is 13.7.